The van der Waals surface area contributed by atoms with Gasteiger partial charge in [-0.2, -0.15) is 0 Å². The van der Waals surface area contributed by atoms with E-state index in [1.165, 1.54) is 16.6 Å². The molecule has 110 valence electrons. The third kappa shape index (κ3) is 3.54. The molecule has 0 radical (unpaired) electrons. The highest BCUT2D eigenvalue weighted by Gasteiger charge is 2.36. The molecule has 0 bridgehead atoms. The van der Waals surface area contributed by atoms with Crippen LogP contribution in [-0.2, 0) is 10.8 Å². The van der Waals surface area contributed by atoms with Gasteiger partial charge in [0.05, 0.1) is 0 Å². The molecule has 0 fully saturated rings. The van der Waals surface area contributed by atoms with Gasteiger partial charge in [-0.05, 0) is 42.4 Å². The summed E-state index contributed by atoms with van der Waals surface area (Å²) in [6, 6.07) is 8.53. The number of nitrogens with one attached hydrogen (secondary N) is 1. The van der Waals surface area contributed by atoms with Crippen molar-refractivity contribution in [1.82, 2.24) is 4.98 Å². The van der Waals surface area contributed by atoms with Crippen LogP contribution in [0.1, 0.15) is 26.5 Å². The molecule has 0 unspecified atom stereocenters. The smallest absolute Gasteiger partial charge is 0.191 e. The summed E-state index contributed by atoms with van der Waals surface area (Å²) in [5.74, 6) is 0. The van der Waals surface area contributed by atoms with Crippen LogP contribution in [0, 0.1) is 0 Å². The van der Waals surface area contributed by atoms with Crippen molar-refractivity contribution in [1.29, 1.82) is 0 Å². The standard InChI is InChI=1S/C16H24BrNOSi/c1-16(2,3)20(4,5)19-9-8-14-11-12-10-13(17)6-7-15(12)18-14/h6-7,10-11,18H,8-9H2,1-5H3. The van der Waals surface area contributed by atoms with Gasteiger partial charge in [-0.1, -0.05) is 36.7 Å². The first-order valence-electron chi connectivity index (χ1n) is 7.10. The summed E-state index contributed by atoms with van der Waals surface area (Å²) in [4.78, 5) is 3.46. The summed E-state index contributed by atoms with van der Waals surface area (Å²) in [6.07, 6.45) is 0.943. The molecule has 2 aromatic rings. The van der Waals surface area contributed by atoms with E-state index in [4.69, 9.17) is 4.43 Å². The molecule has 0 saturated heterocycles. The maximum Gasteiger partial charge on any atom is 0.191 e. The normalized spacial score (nSPS) is 13.1. The van der Waals surface area contributed by atoms with Gasteiger partial charge in [0, 0.05) is 34.1 Å². The highest BCUT2D eigenvalue weighted by molar-refractivity contribution is 9.10. The summed E-state index contributed by atoms with van der Waals surface area (Å²) < 4.78 is 7.35. The second-order valence-electron chi connectivity index (χ2n) is 6.88. The van der Waals surface area contributed by atoms with E-state index in [0.717, 1.165) is 17.5 Å². The molecule has 2 rings (SSSR count). The van der Waals surface area contributed by atoms with Gasteiger partial charge in [0.15, 0.2) is 8.32 Å². The lowest BCUT2D eigenvalue weighted by molar-refractivity contribution is 0.291. The molecular formula is C16H24BrNOSi. The van der Waals surface area contributed by atoms with Crippen LogP contribution in [-0.4, -0.2) is 19.9 Å². The van der Waals surface area contributed by atoms with Crippen LogP contribution < -0.4 is 0 Å². The molecule has 2 nitrogen and oxygen atoms in total. The summed E-state index contributed by atoms with van der Waals surface area (Å²) in [5, 5.41) is 1.53. The van der Waals surface area contributed by atoms with E-state index in [1.54, 1.807) is 0 Å². The summed E-state index contributed by atoms with van der Waals surface area (Å²) in [7, 11) is -1.63. The van der Waals surface area contributed by atoms with Crippen LogP contribution in [0.15, 0.2) is 28.7 Å². The number of aromatic nitrogens is 1. The Morgan fingerprint density at radius 1 is 1.20 bits per heavy atom. The van der Waals surface area contributed by atoms with Crippen LogP contribution in [0.4, 0.5) is 0 Å². The number of hydrogen-bond acceptors (Lipinski definition) is 1. The van der Waals surface area contributed by atoms with E-state index in [0.29, 0.717) is 0 Å². The third-order valence-electron chi connectivity index (χ3n) is 4.28. The Morgan fingerprint density at radius 2 is 1.90 bits per heavy atom. The first-order chi connectivity index (χ1) is 9.19. The average Bonchev–Trinajstić information content (AvgIpc) is 2.68. The largest absolute Gasteiger partial charge is 0.416 e. The van der Waals surface area contributed by atoms with Crippen molar-refractivity contribution in [2.75, 3.05) is 6.61 Å². The van der Waals surface area contributed by atoms with Gasteiger partial charge in [-0.25, -0.2) is 0 Å². The number of benzene rings is 1. The van der Waals surface area contributed by atoms with Gasteiger partial charge in [0.1, 0.15) is 0 Å². The highest BCUT2D eigenvalue weighted by Crippen LogP contribution is 2.36. The molecule has 0 aliphatic rings. The van der Waals surface area contributed by atoms with Crippen molar-refractivity contribution in [3.8, 4) is 0 Å². The number of halogens is 1. The Balaban J connectivity index is 2.00. The third-order valence-corrected chi connectivity index (χ3v) is 9.31. The molecule has 0 spiro atoms. The van der Waals surface area contributed by atoms with Gasteiger partial charge < -0.3 is 9.41 Å². The lowest BCUT2D eigenvalue weighted by Crippen LogP contribution is -2.41. The predicted octanol–water partition coefficient (Wildman–Crippen LogP) is 5.49. The maximum absolute atomic E-state index is 6.23. The minimum atomic E-state index is -1.63. The van der Waals surface area contributed by atoms with Crippen molar-refractivity contribution in [2.45, 2.75) is 45.3 Å². The van der Waals surface area contributed by atoms with Gasteiger partial charge in [0.25, 0.3) is 0 Å². The van der Waals surface area contributed by atoms with E-state index >= 15 is 0 Å². The predicted molar refractivity (Wildman–Crippen MR) is 92.9 cm³/mol. The quantitative estimate of drug-likeness (QED) is 0.721. The van der Waals surface area contributed by atoms with Gasteiger partial charge in [-0.15, -0.1) is 0 Å². The fourth-order valence-electron chi connectivity index (χ4n) is 1.93. The molecule has 0 saturated carbocycles. The zero-order chi connectivity index (χ0) is 15.0. The molecule has 1 heterocycles. The SMILES string of the molecule is CC(C)(C)[Si](C)(C)OCCc1cc2cc(Br)ccc2[nH]1. The van der Waals surface area contributed by atoms with E-state index in [2.05, 4.69) is 79.0 Å². The highest BCUT2D eigenvalue weighted by atomic mass is 79.9. The molecular weight excluding hydrogens is 330 g/mol. The summed E-state index contributed by atoms with van der Waals surface area (Å²) in [6.45, 7) is 12.2. The second-order valence-corrected chi connectivity index (χ2v) is 12.6. The Kier molecular flexibility index (Phi) is 4.47. The molecule has 4 heteroatoms. The Bertz CT molecular complexity index is 598. The van der Waals surface area contributed by atoms with Crippen molar-refractivity contribution in [2.24, 2.45) is 0 Å². The van der Waals surface area contributed by atoms with Crippen LogP contribution in [0.3, 0.4) is 0 Å². The molecule has 1 N–H and O–H groups in total. The van der Waals surface area contributed by atoms with Crippen LogP contribution in [0.5, 0.6) is 0 Å². The first kappa shape index (κ1) is 15.8. The summed E-state index contributed by atoms with van der Waals surface area (Å²) >= 11 is 3.51. The van der Waals surface area contributed by atoms with Gasteiger partial charge in [0.2, 0.25) is 0 Å². The zero-order valence-corrected chi connectivity index (χ0v) is 15.6. The molecule has 1 aromatic carbocycles. The van der Waals surface area contributed by atoms with Crippen LogP contribution in [0.25, 0.3) is 10.9 Å². The zero-order valence-electron chi connectivity index (χ0n) is 13.0. The summed E-state index contributed by atoms with van der Waals surface area (Å²) in [5.41, 5.74) is 2.44. The maximum atomic E-state index is 6.23. The molecule has 1 aromatic heterocycles. The molecule has 20 heavy (non-hydrogen) atoms. The fourth-order valence-corrected chi connectivity index (χ4v) is 3.36. The van der Waals surface area contributed by atoms with Crippen LogP contribution >= 0.6 is 15.9 Å². The van der Waals surface area contributed by atoms with Gasteiger partial charge in [-0.3, -0.25) is 0 Å². The lowest BCUT2D eigenvalue weighted by atomic mass is 10.2. The van der Waals surface area contributed by atoms with Crippen LogP contribution in [0.2, 0.25) is 18.1 Å². The molecule has 0 atom stereocenters. The first-order valence-corrected chi connectivity index (χ1v) is 10.8. The van der Waals surface area contributed by atoms with E-state index in [1.807, 2.05) is 0 Å². The van der Waals surface area contributed by atoms with E-state index in [9.17, 15) is 0 Å². The number of H-pyrrole nitrogens is 1. The van der Waals surface area contributed by atoms with Crippen molar-refractivity contribution < 1.29 is 4.43 Å². The fraction of sp³-hybridized carbons (Fsp3) is 0.500. The van der Waals surface area contributed by atoms with Crippen molar-refractivity contribution in [3.05, 3.63) is 34.4 Å². The minimum absolute atomic E-state index is 0.276. The van der Waals surface area contributed by atoms with E-state index in [-0.39, 0.29) is 5.04 Å². The molecule has 0 amide bonds. The minimum Gasteiger partial charge on any atom is -0.416 e. The number of aromatic amines is 1. The second kappa shape index (κ2) is 5.66. The number of rotatable bonds is 4. The number of hydrogen-bond donors (Lipinski definition) is 1. The monoisotopic (exact) mass is 353 g/mol. The molecule has 0 aliphatic heterocycles. The Labute approximate surface area is 131 Å². The van der Waals surface area contributed by atoms with Crippen molar-refractivity contribution >= 4 is 35.2 Å². The van der Waals surface area contributed by atoms with E-state index < -0.39 is 8.32 Å². The lowest BCUT2D eigenvalue weighted by Gasteiger charge is -2.36. The molecule has 0 aliphatic carbocycles. The number of fused-ring (bicyclic) bond motifs is 1. The van der Waals surface area contributed by atoms with Crippen molar-refractivity contribution in [3.63, 3.8) is 0 Å². The van der Waals surface area contributed by atoms with Gasteiger partial charge >= 0.3 is 0 Å². The topological polar surface area (TPSA) is 25.0 Å². The Morgan fingerprint density at radius 3 is 2.55 bits per heavy atom. The Hall–Kier alpha value is -0.583. The average molecular weight is 354 g/mol.